The molecule has 1 amide bonds. The molecule has 1 aromatic carbocycles. The monoisotopic (exact) mass is 277 g/mol. The fourth-order valence-corrected chi connectivity index (χ4v) is 2.58. The Morgan fingerprint density at radius 2 is 2.15 bits per heavy atom. The average Bonchev–Trinajstić information content (AvgIpc) is 2.93. The van der Waals surface area contributed by atoms with Gasteiger partial charge in [0, 0.05) is 11.6 Å². The summed E-state index contributed by atoms with van der Waals surface area (Å²) >= 11 is 0. The number of hydrogen-bond acceptors (Lipinski definition) is 3. The lowest BCUT2D eigenvalue weighted by Crippen LogP contribution is -2.41. The summed E-state index contributed by atoms with van der Waals surface area (Å²) in [5, 5.41) is 12.4. The molecule has 0 spiro atoms. The molecule has 0 bridgehead atoms. The molecule has 2 rings (SSSR count). The number of aliphatic hydroxyl groups is 1. The summed E-state index contributed by atoms with van der Waals surface area (Å²) in [4.78, 5) is 12.1. The first-order valence-corrected chi connectivity index (χ1v) is 7.27. The highest BCUT2D eigenvalue weighted by Gasteiger charge is 2.22. The third-order valence-electron chi connectivity index (χ3n) is 3.76. The van der Waals surface area contributed by atoms with E-state index >= 15 is 0 Å². The molecule has 0 aliphatic heterocycles. The third-order valence-corrected chi connectivity index (χ3v) is 3.76. The van der Waals surface area contributed by atoms with Gasteiger partial charge < -0.3 is 15.2 Å². The van der Waals surface area contributed by atoms with Crippen LogP contribution in [0.1, 0.15) is 43.7 Å². The molecule has 1 atom stereocenters. The van der Waals surface area contributed by atoms with Crippen LogP contribution in [-0.4, -0.2) is 23.2 Å². The predicted molar refractivity (Wildman–Crippen MR) is 77.6 cm³/mol. The van der Waals surface area contributed by atoms with E-state index in [9.17, 15) is 9.90 Å². The Morgan fingerprint density at radius 1 is 1.45 bits per heavy atom. The number of nitrogens with one attached hydrogen (secondary N) is 1. The molecule has 1 aliphatic carbocycles. The van der Waals surface area contributed by atoms with Crippen molar-refractivity contribution in [2.75, 3.05) is 0 Å². The van der Waals surface area contributed by atoms with E-state index in [4.69, 9.17) is 4.74 Å². The summed E-state index contributed by atoms with van der Waals surface area (Å²) in [5.74, 6) is 0.494. The standard InChI is InChI=1S/C16H23NO3/c1-11-7-8-15(13(9-11)10-18)20-12(2)16(19)17-14-5-3-4-6-14/h7-9,12,14,18H,3-6,10H2,1-2H3,(H,17,19). The Labute approximate surface area is 120 Å². The molecule has 1 unspecified atom stereocenters. The molecule has 110 valence electrons. The first-order chi connectivity index (χ1) is 9.60. The maximum atomic E-state index is 12.1. The molecule has 0 heterocycles. The van der Waals surface area contributed by atoms with Crippen molar-refractivity contribution in [2.24, 2.45) is 0 Å². The number of ether oxygens (including phenoxy) is 1. The van der Waals surface area contributed by atoms with Crippen LogP contribution in [0.25, 0.3) is 0 Å². The fraction of sp³-hybridized carbons (Fsp3) is 0.562. The van der Waals surface area contributed by atoms with Crippen LogP contribution >= 0.6 is 0 Å². The largest absolute Gasteiger partial charge is 0.481 e. The molecule has 2 N–H and O–H groups in total. The van der Waals surface area contributed by atoms with Crippen LogP contribution in [0.3, 0.4) is 0 Å². The van der Waals surface area contributed by atoms with E-state index in [2.05, 4.69) is 5.32 Å². The SMILES string of the molecule is Cc1ccc(OC(C)C(=O)NC2CCCC2)c(CO)c1. The van der Waals surface area contributed by atoms with Gasteiger partial charge in [0.2, 0.25) is 0 Å². The van der Waals surface area contributed by atoms with E-state index in [1.54, 1.807) is 13.0 Å². The van der Waals surface area contributed by atoms with Crippen molar-refractivity contribution in [3.05, 3.63) is 29.3 Å². The zero-order valence-corrected chi connectivity index (χ0v) is 12.2. The molecule has 0 aromatic heterocycles. The smallest absolute Gasteiger partial charge is 0.260 e. The predicted octanol–water partition coefficient (Wildman–Crippen LogP) is 2.31. The molecule has 1 aromatic rings. The molecule has 20 heavy (non-hydrogen) atoms. The number of aryl methyl sites for hydroxylation is 1. The maximum absolute atomic E-state index is 12.1. The number of rotatable bonds is 5. The average molecular weight is 277 g/mol. The highest BCUT2D eigenvalue weighted by molar-refractivity contribution is 5.81. The van der Waals surface area contributed by atoms with Gasteiger partial charge in [-0.15, -0.1) is 0 Å². The van der Waals surface area contributed by atoms with Crippen molar-refractivity contribution in [1.82, 2.24) is 5.32 Å². The van der Waals surface area contributed by atoms with E-state index in [1.165, 1.54) is 12.8 Å². The van der Waals surface area contributed by atoms with Gasteiger partial charge in [0.1, 0.15) is 5.75 Å². The summed E-state index contributed by atoms with van der Waals surface area (Å²) in [6.45, 7) is 3.61. The molecule has 0 radical (unpaired) electrons. The minimum Gasteiger partial charge on any atom is -0.481 e. The van der Waals surface area contributed by atoms with Crippen molar-refractivity contribution in [1.29, 1.82) is 0 Å². The van der Waals surface area contributed by atoms with Gasteiger partial charge in [-0.25, -0.2) is 0 Å². The summed E-state index contributed by atoms with van der Waals surface area (Å²) in [5.41, 5.74) is 1.77. The van der Waals surface area contributed by atoms with Gasteiger partial charge in [-0.1, -0.05) is 30.5 Å². The Hall–Kier alpha value is -1.55. The van der Waals surface area contributed by atoms with Crippen LogP contribution in [-0.2, 0) is 11.4 Å². The lowest BCUT2D eigenvalue weighted by Gasteiger charge is -2.19. The van der Waals surface area contributed by atoms with Gasteiger partial charge in [0.25, 0.3) is 5.91 Å². The third kappa shape index (κ3) is 3.73. The first-order valence-electron chi connectivity index (χ1n) is 7.27. The number of benzene rings is 1. The zero-order chi connectivity index (χ0) is 14.5. The van der Waals surface area contributed by atoms with Crippen LogP contribution < -0.4 is 10.1 Å². The minimum atomic E-state index is -0.552. The van der Waals surface area contributed by atoms with Crippen molar-refractivity contribution < 1.29 is 14.6 Å². The summed E-state index contributed by atoms with van der Waals surface area (Å²) in [6, 6.07) is 5.89. The van der Waals surface area contributed by atoms with Gasteiger partial charge in [-0.05, 0) is 32.8 Å². The second kappa shape index (κ2) is 6.75. The van der Waals surface area contributed by atoms with E-state index in [-0.39, 0.29) is 12.5 Å². The van der Waals surface area contributed by atoms with Crippen molar-refractivity contribution >= 4 is 5.91 Å². The summed E-state index contributed by atoms with van der Waals surface area (Å²) in [7, 11) is 0. The molecule has 1 fully saturated rings. The highest BCUT2D eigenvalue weighted by atomic mass is 16.5. The minimum absolute atomic E-state index is 0.0821. The van der Waals surface area contributed by atoms with Crippen LogP contribution in [0.2, 0.25) is 0 Å². The lowest BCUT2D eigenvalue weighted by molar-refractivity contribution is -0.128. The van der Waals surface area contributed by atoms with Gasteiger partial charge in [0.15, 0.2) is 6.10 Å². The first kappa shape index (κ1) is 14.9. The van der Waals surface area contributed by atoms with Gasteiger partial charge in [-0.3, -0.25) is 4.79 Å². The van der Waals surface area contributed by atoms with Gasteiger partial charge in [-0.2, -0.15) is 0 Å². The van der Waals surface area contributed by atoms with Gasteiger partial charge >= 0.3 is 0 Å². The van der Waals surface area contributed by atoms with E-state index in [0.29, 0.717) is 17.4 Å². The Bertz CT molecular complexity index is 467. The topological polar surface area (TPSA) is 58.6 Å². The maximum Gasteiger partial charge on any atom is 0.260 e. The van der Waals surface area contributed by atoms with E-state index < -0.39 is 6.10 Å². The number of carbonyl (C=O) groups is 1. The Balaban J connectivity index is 1.96. The van der Waals surface area contributed by atoms with Crippen molar-refractivity contribution in [3.63, 3.8) is 0 Å². The van der Waals surface area contributed by atoms with Crippen LogP contribution in [0, 0.1) is 6.92 Å². The van der Waals surface area contributed by atoms with Crippen LogP contribution in [0.4, 0.5) is 0 Å². The van der Waals surface area contributed by atoms with E-state index in [0.717, 1.165) is 18.4 Å². The molecular formula is C16H23NO3. The molecule has 1 aliphatic rings. The quantitative estimate of drug-likeness (QED) is 0.868. The molecule has 0 saturated heterocycles. The summed E-state index contributed by atoms with van der Waals surface area (Å²) < 4.78 is 5.69. The molecule has 1 saturated carbocycles. The Kier molecular flexibility index (Phi) is 5.01. The highest BCUT2D eigenvalue weighted by Crippen LogP contribution is 2.22. The van der Waals surface area contributed by atoms with Crippen LogP contribution in [0.15, 0.2) is 18.2 Å². The zero-order valence-electron chi connectivity index (χ0n) is 12.2. The second-order valence-corrected chi connectivity index (χ2v) is 5.52. The number of carbonyl (C=O) groups excluding carboxylic acids is 1. The number of aliphatic hydroxyl groups excluding tert-OH is 1. The fourth-order valence-electron chi connectivity index (χ4n) is 2.58. The molecular weight excluding hydrogens is 254 g/mol. The van der Waals surface area contributed by atoms with Crippen LogP contribution in [0.5, 0.6) is 5.75 Å². The van der Waals surface area contributed by atoms with Crippen molar-refractivity contribution in [3.8, 4) is 5.75 Å². The van der Waals surface area contributed by atoms with E-state index in [1.807, 2.05) is 19.1 Å². The lowest BCUT2D eigenvalue weighted by atomic mass is 10.1. The molecule has 4 heteroatoms. The second-order valence-electron chi connectivity index (χ2n) is 5.52. The van der Waals surface area contributed by atoms with Crippen molar-refractivity contribution in [2.45, 2.75) is 58.3 Å². The molecule has 4 nitrogen and oxygen atoms in total. The Morgan fingerprint density at radius 3 is 2.80 bits per heavy atom. The number of amides is 1. The van der Waals surface area contributed by atoms with Gasteiger partial charge in [0.05, 0.1) is 6.61 Å². The normalized spacial score (nSPS) is 16.9. The number of hydrogen-bond donors (Lipinski definition) is 2. The summed E-state index contributed by atoms with van der Waals surface area (Å²) in [6.07, 6.45) is 3.94.